The zero-order valence-electron chi connectivity index (χ0n) is 36.7. The molecule has 316 valence electrons. The molecular weight excluding hydrogens is 753 g/mol. The summed E-state index contributed by atoms with van der Waals surface area (Å²) in [6.45, 7) is 8.46. The lowest BCUT2D eigenvalue weighted by Crippen LogP contribution is -2.23. The van der Waals surface area contributed by atoms with Crippen molar-refractivity contribution in [1.82, 2.24) is 9.13 Å². The lowest BCUT2D eigenvalue weighted by atomic mass is 9.89. The van der Waals surface area contributed by atoms with Crippen LogP contribution in [-0.4, -0.2) is 31.6 Å². The number of para-hydroxylation sites is 2. The fourth-order valence-corrected chi connectivity index (χ4v) is 11.6. The van der Waals surface area contributed by atoms with Crippen molar-refractivity contribution in [2.75, 3.05) is 0 Å². The number of aryl methyl sites for hydroxylation is 2. The van der Waals surface area contributed by atoms with Gasteiger partial charge in [0.15, 0.2) is 0 Å². The average Bonchev–Trinajstić information content (AvgIpc) is 3.78. The molecule has 2 N–H and O–H groups in total. The lowest BCUT2D eigenvalue weighted by molar-refractivity contribution is 0.131. The Balaban J connectivity index is 0.912. The Morgan fingerprint density at radius 2 is 0.787 bits per heavy atom. The van der Waals surface area contributed by atoms with Gasteiger partial charge in [0, 0.05) is 51.5 Å². The first kappa shape index (κ1) is 39.8. The molecule has 1 unspecified atom stereocenters. The summed E-state index contributed by atoms with van der Waals surface area (Å²) in [6, 6.07) is 24.8. The minimum absolute atomic E-state index is 0.178. The van der Waals surface area contributed by atoms with E-state index in [4.69, 9.17) is 9.47 Å². The van der Waals surface area contributed by atoms with Crippen molar-refractivity contribution in [3.05, 3.63) is 129 Å². The summed E-state index contributed by atoms with van der Waals surface area (Å²) in [7, 11) is 0. The van der Waals surface area contributed by atoms with Crippen LogP contribution in [0.3, 0.4) is 0 Å². The second-order valence-electron chi connectivity index (χ2n) is 18.6. The number of hydrogen-bond donors (Lipinski definition) is 2. The van der Waals surface area contributed by atoms with Crippen LogP contribution < -0.4 is 9.47 Å². The standard InChI is InChI=1S/C55H62N2O4/c1-34-29-44(54(58)50(31-34)56-46-23-11-5-17-38(46)39-18-6-12-24-47(39)56)42-21-9-15-27-52(42)60-36(3)33-37(4)61-53-28-16-10-22-43(53)45-30-35(2)32-51(55(45)59)57-48-25-13-7-19-40(48)41-20-8-14-26-49(41)57/h9-10,15-16,21-22,27-32,36-37,58-59H,5-8,11-14,17-20,23-26,33H2,1-4H3/t36-,37?/m0/s1. The van der Waals surface area contributed by atoms with Gasteiger partial charge >= 0.3 is 0 Å². The fraction of sp³-hybridized carbons (Fsp3) is 0.418. The molecule has 4 aromatic carbocycles. The number of fused-ring (bicyclic) bond motifs is 6. The number of hydrogen-bond acceptors (Lipinski definition) is 4. The molecule has 6 nitrogen and oxygen atoms in total. The van der Waals surface area contributed by atoms with Crippen molar-refractivity contribution < 1.29 is 19.7 Å². The third-order valence-corrected chi connectivity index (χ3v) is 14.2. The van der Waals surface area contributed by atoms with Crippen LogP contribution in [-0.2, 0) is 51.4 Å². The first-order valence-electron chi connectivity index (χ1n) is 23.4. The minimum Gasteiger partial charge on any atom is -0.505 e. The molecule has 0 spiro atoms. The topological polar surface area (TPSA) is 68.8 Å². The Hall–Kier alpha value is -5.36. The second-order valence-corrected chi connectivity index (χ2v) is 18.6. The normalized spacial score (nSPS) is 16.9. The van der Waals surface area contributed by atoms with E-state index in [2.05, 4.69) is 73.2 Å². The van der Waals surface area contributed by atoms with E-state index in [0.29, 0.717) is 17.9 Å². The highest BCUT2D eigenvalue weighted by atomic mass is 16.5. The molecule has 0 fully saturated rings. The van der Waals surface area contributed by atoms with Crippen LogP contribution in [0.4, 0.5) is 0 Å². The summed E-state index contributed by atoms with van der Waals surface area (Å²) in [5, 5.41) is 24.5. The van der Waals surface area contributed by atoms with Crippen LogP contribution in [0.15, 0.2) is 72.8 Å². The van der Waals surface area contributed by atoms with Gasteiger partial charge in [0.2, 0.25) is 0 Å². The number of phenols is 2. The van der Waals surface area contributed by atoms with Crippen molar-refractivity contribution in [1.29, 1.82) is 0 Å². The monoisotopic (exact) mass is 814 g/mol. The van der Waals surface area contributed by atoms with Crippen LogP contribution in [0.1, 0.15) is 128 Å². The maximum Gasteiger partial charge on any atom is 0.147 e. The predicted octanol–water partition coefficient (Wildman–Crippen LogP) is 12.8. The summed E-state index contributed by atoms with van der Waals surface area (Å²) in [4.78, 5) is 0. The van der Waals surface area contributed by atoms with Crippen LogP contribution in [0.2, 0.25) is 0 Å². The summed E-state index contributed by atoms with van der Waals surface area (Å²) in [6.07, 6.45) is 19.0. The van der Waals surface area contributed by atoms with Crippen molar-refractivity contribution in [3.63, 3.8) is 0 Å². The molecule has 4 aliphatic carbocycles. The largest absolute Gasteiger partial charge is 0.505 e. The van der Waals surface area contributed by atoms with Gasteiger partial charge in [-0.1, -0.05) is 36.4 Å². The molecule has 2 heterocycles. The number of nitrogens with zero attached hydrogens (tertiary/aromatic N) is 2. The fourth-order valence-electron chi connectivity index (χ4n) is 11.6. The van der Waals surface area contributed by atoms with Crippen molar-refractivity contribution >= 4 is 0 Å². The molecular formula is C55H62N2O4. The van der Waals surface area contributed by atoms with Gasteiger partial charge < -0.3 is 28.8 Å². The lowest BCUT2D eigenvalue weighted by Gasteiger charge is -2.24. The molecule has 6 aromatic rings. The average molecular weight is 815 g/mol. The van der Waals surface area contributed by atoms with Gasteiger partial charge in [0.25, 0.3) is 0 Å². The van der Waals surface area contributed by atoms with Gasteiger partial charge in [-0.25, -0.2) is 0 Å². The Morgan fingerprint density at radius 3 is 1.15 bits per heavy atom. The van der Waals surface area contributed by atoms with Crippen LogP contribution in [0.25, 0.3) is 33.6 Å². The molecule has 61 heavy (non-hydrogen) atoms. The molecule has 10 rings (SSSR count). The maximum absolute atomic E-state index is 12.2. The van der Waals surface area contributed by atoms with Gasteiger partial charge in [-0.15, -0.1) is 0 Å². The molecule has 0 aliphatic heterocycles. The molecule has 0 radical (unpaired) electrons. The second kappa shape index (κ2) is 16.5. The number of rotatable bonds is 10. The van der Waals surface area contributed by atoms with E-state index in [0.717, 1.165) is 108 Å². The third kappa shape index (κ3) is 7.24. The first-order valence-corrected chi connectivity index (χ1v) is 23.4. The Morgan fingerprint density at radius 1 is 0.459 bits per heavy atom. The summed E-state index contributed by atoms with van der Waals surface area (Å²) < 4.78 is 18.4. The highest BCUT2D eigenvalue weighted by molar-refractivity contribution is 5.81. The van der Waals surface area contributed by atoms with Crippen LogP contribution in [0, 0.1) is 13.8 Å². The number of ether oxygens (including phenoxy) is 2. The zero-order chi connectivity index (χ0) is 41.8. The van der Waals surface area contributed by atoms with E-state index in [1.807, 2.05) is 36.4 Å². The Kier molecular flexibility index (Phi) is 10.7. The van der Waals surface area contributed by atoms with E-state index in [1.54, 1.807) is 22.3 Å². The molecule has 0 saturated heterocycles. The summed E-state index contributed by atoms with van der Waals surface area (Å²) in [5.74, 6) is 2.13. The molecule has 2 aromatic heterocycles. The number of phenolic OH excluding ortho intramolecular Hbond substituents is 2. The quantitative estimate of drug-likeness (QED) is 0.145. The smallest absolute Gasteiger partial charge is 0.147 e. The zero-order valence-corrected chi connectivity index (χ0v) is 36.7. The number of aromatic hydroxyl groups is 2. The summed E-state index contributed by atoms with van der Waals surface area (Å²) in [5.41, 5.74) is 19.3. The van der Waals surface area contributed by atoms with E-state index in [9.17, 15) is 10.2 Å². The van der Waals surface area contributed by atoms with Gasteiger partial charge in [-0.05, 0) is 200 Å². The summed E-state index contributed by atoms with van der Waals surface area (Å²) >= 11 is 0. The van der Waals surface area contributed by atoms with Crippen molar-refractivity contribution in [3.8, 4) is 56.6 Å². The highest BCUT2D eigenvalue weighted by Crippen LogP contribution is 2.46. The molecule has 4 aliphatic rings. The van der Waals surface area contributed by atoms with Gasteiger partial charge in [-0.2, -0.15) is 0 Å². The number of benzene rings is 4. The SMILES string of the molecule is Cc1cc(-c2ccccc2OC(C)C[C@H](C)Oc2ccccc2-c2cc(C)cc(-n3c4c(c5c3CCCC5)CCCC4)c2O)c(O)c(-n2c3c(c4c2CCCC4)CCCC3)c1. The first-order chi connectivity index (χ1) is 29.7. The molecule has 2 atom stereocenters. The Labute approximate surface area is 362 Å². The maximum atomic E-state index is 12.2. The van der Waals surface area contributed by atoms with Crippen molar-refractivity contribution in [2.24, 2.45) is 0 Å². The number of aromatic nitrogens is 2. The van der Waals surface area contributed by atoms with E-state index < -0.39 is 0 Å². The van der Waals surface area contributed by atoms with E-state index in [-0.39, 0.29) is 12.2 Å². The van der Waals surface area contributed by atoms with Crippen molar-refractivity contribution in [2.45, 2.75) is 149 Å². The van der Waals surface area contributed by atoms with Crippen LogP contribution >= 0.6 is 0 Å². The molecule has 6 heteroatoms. The van der Waals surface area contributed by atoms with Gasteiger partial charge in [0.1, 0.15) is 23.0 Å². The Bertz CT molecular complexity index is 2380. The van der Waals surface area contributed by atoms with Gasteiger partial charge in [0.05, 0.1) is 23.6 Å². The van der Waals surface area contributed by atoms with E-state index >= 15 is 0 Å². The predicted molar refractivity (Wildman–Crippen MR) is 247 cm³/mol. The minimum atomic E-state index is -0.178. The third-order valence-electron chi connectivity index (χ3n) is 14.2. The van der Waals surface area contributed by atoms with Gasteiger partial charge in [-0.3, -0.25) is 0 Å². The van der Waals surface area contributed by atoms with Crippen LogP contribution in [0.5, 0.6) is 23.0 Å². The molecule has 0 saturated carbocycles. The molecule has 0 bridgehead atoms. The van der Waals surface area contributed by atoms with E-state index in [1.165, 1.54) is 74.1 Å². The molecule has 0 amide bonds. The highest BCUT2D eigenvalue weighted by Gasteiger charge is 2.31.